The van der Waals surface area contributed by atoms with Gasteiger partial charge in [0.1, 0.15) is 6.04 Å². The van der Waals surface area contributed by atoms with Crippen molar-refractivity contribution in [2.75, 3.05) is 5.32 Å². The molecule has 1 aliphatic heterocycles. The molecule has 3 aliphatic rings. The average Bonchev–Trinajstić information content (AvgIpc) is 3.56. The van der Waals surface area contributed by atoms with E-state index in [9.17, 15) is 14.4 Å². The van der Waals surface area contributed by atoms with Crippen molar-refractivity contribution in [1.29, 1.82) is 0 Å². The second kappa shape index (κ2) is 10.6. The predicted octanol–water partition coefficient (Wildman–Crippen LogP) is 4.91. The molecule has 1 heterocycles. The first-order valence-electron chi connectivity index (χ1n) is 13.2. The minimum absolute atomic E-state index is 0.0447. The van der Waals surface area contributed by atoms with E-state index in [1.165, 1.54) is 6.42 Å². The normalized spacial score (nSPS) is 24.1. The van der Waals surface area contributed by atoms with Crippen molar-refractivity contribution < 1.29 is 14.4 Å². The van der Waals surface area contributed by atoms with Gasteiger partial charge in [-0.05, 0) is 67.9 Å². The summed E-state index contributed by atoms with van der Waals surface area (Å²) in [5.74, 6) is 0.451. The summed E-state index contributed by atoms with van der Waals surface area (Å²) in [7, 11) is 0. The first-order chi connectivity index (χ1) is 17.1. The van der Waals surface area contributed by atoms with Crippen LogP contribution in [0.1, 0.15) is 73.7 Å². The standard InChI is InChI=1S/C29H35N3O3/c33-27(21-10-4-5-11-21)31-24-15-8-9-20(17-24)19-30-28(34)26-18-23-14-6-7-16-25(23)32(26)29(35)22-12-2-1-3-13-22/h1-3,8-9,12-13,15,17,21,23,25-26H,4-7,10-11,14,16,18-19H2,(H,30,34)(H,31,33). The number of anilines is 1. The molecule has 3 atom stereocenters. The molecule has 2 saturated carbocycles. The summed E-state index contributed by atoms with van der Waals surface area (Å²) >= 11 is 0. The molecule has 2 aliphatic carbocycles. The van der Waals surface area contributed by atoms with E-state index >= 15 is 0 Å². The Morgan fingerprint density at radius 3 is 2.37 bits per heavy atom. The van der Waals surface area contributed by atoms with Crippen molar-refractivity contribution in [3.63, 3.8) is 0 Å². The lowest BCUT2D eigenvalue weighted by Gasteiger charge is -2.33. The fourth-order valence-electron chi connectivity index (χ4n) is 6.21. The zero-order valence-corrected chi connectivity index (χ0v) is 20.2. The quantitative estimate of drug-likeness (QED) is 0.626. The number of nitrogens with zero attached hydrogens (tertiary/aromatic N) is 1. The van der Waals surface area contributed by atoms with E-state index < -0.39 is 6.04 Å². The van der Waals surface area contributed by atoms with E-state index in [1.54, 1.807) is 0 Å². The Morgan fingerprint density at radius 1 is 0.829 bits per heavy atom. The number of amides is 3. The van der Waals surface area contributed by atoms with Crippen molar-refractivity contribution >= 4 is 23.4 Å². The Hall–Kier alpha value is -3.15. The van der Waals surface area contributed by atoms with Crippen LogP contribution in [0.25, 0.3) is 0 Å². The van der Waals surface area contributed by atoms with E-state index in [2.05, 4.69) is 10.6 Å². The van der Waals surface area contributed by atoms with E-state index in [-0.39, 0.29) is 29.7 Å². The molecule has 3 unspecified atom stereocenters. The Balaban J connectivity index is 1.25. The maximum Gasteiger partial charge on any atom is 0.254 e. The van der Waals surface area contributed by atoms with Crippen molar-refractivity contribution in [2.24, 2.45) is 11.8 Å². The van der Waals surface area contributed by atoms with Gasteiger partial charge in [-0.25, -0.2) is 0 Å². The predicted molar refractivity (Wildman–Crippen MR) is 136 cm³/mol. The van der Waals surface area contributed by atoms with Crippen LogP contribution in [0, 0.1) is 11.8 Å². The summed E-state index contributed by atoms with van der Waals surface area (Å²) in [6.45, 7) is 0.366. The van der Waals surface area contributed by atoms with Crippen LogP contribution in [0.4, 0.5) is 5.69 Å². The van der Waals surface area contributed by atoms with Gasteiger partial charge in [0.25, 0.3) is 5.91 Å². The molecule has 6 heteroatoms. The Labute approximate surface area is 207 Å². The third-order valence-corrected chi connectivity index (χ3v) is 8.03. The fourth-order valence-corrected chi connectivity index (χ4v) is 6.21. The zero-order valence-electron chi connectivity index (χ0n) is 20.2. The molecule has 35 heavy (non-hydrogen) atoms. The van der Waals surface area contributed by atoms with Crippen LogP contribution in [-0.4, -0.2) is 34.7 Å². The number of carbonyl (C=O) groups excluding carboxylic acids is 3. The van der Waals surface area contributed by atoms with Crippen LogP contribution in [0.3, 0.4) is 0 Å². The highest BCUT2D eigenvalue weighted by Gasteiger charge is 2.47. The van der Waals surface area contributed by atoms with Gasteiger partial charge in [-0.3, -0.25) is 14.4 Å². The molecule has 3 fully saturated rings. The SMILES string of the molecule is O=C(Nc1cccc(CNC(=O)C2CC3CCCCC3N2C(=O)c2ccccc2)c1)C1CCCC1. The number of hydrogen-bond acceptors (Lipinski definition) is 3. The summed E-state index contributed by atoms with van der Waals surface area (Å²) in [4.78, 5) is 41.2. The molecule has 1 saturated heterocycles. The lowest BCUT2D eigenvalue weighted by Crippen LogP contribution is -2.49. The third kappa shape index (κ3) is 5.26. The molecule has 0 spiro atoms. The van der Waals surface area contributed by atoms with E-state index in [1.807, 2.05) is 59.5 Å². The molecule has 0 bridgehead atoms. The maximum atomic E-state index is 13.5. The van der Waals surface area contributed by atoms with Gasteiger partial charge in [-0.15, -0.1) is 0 Å². The van der Waals surface area contributed by atoms with Crippen molar-refractivity contribution in [3.8, 4) is 0 Å². The van der Waals surface area contributed by atoms with Crippen molar-refractivity contribution in [2.45, 2.75) is 76.4 Å². The summed E-state index contributed by atoms with van der Waals surface area (Å²) in [5.41, 5.74) is 2.34. The van der Waals surface area contributed by atoms with Gasteiger partial charge in [0.2, 0.25) is 11.8 Å². The number of nitrogens with one attached hydrogen (secondary N) is 2. The molecule has 0 radical (unpaired) electrons. The highest BCUT2D eigenvalue weighted by atomic mass is 16.2. The monoisotopic (exact) mass is 473 g/mol. The van der Waals surface area contributed by atoms with E-state index in [0.29, 0.717) is 18.0 Å². The number of hydrogen-bond donors (Lipinski definition) is 2. The van der Waals surface area contributed by atoms with Gasteiger partial charge >= 0.3 is 0 Å². The fraction of sp³-hybridized carbons (Fsp3) is 0.483. The molecule has 0 aromatic heterocycles. The number of likely N-dealkylation sites (tertiary alicyclic amines) is 1. The van der Waals surface area contributed by atoms with Gasteiger partial charge in [-0.2, -0.15) is 0 Å². The molecule has 2 aromatic carbocycles. The average molecular weight is 474 g/mol. The molecular formula is C29H35N3O3. The molecule has 3 amide bonds. The number of fused-ring (bicyclic) bond motifs is 1. The second-order valence-electron chi connectivity index (χ2n) is 10.3. The maximum absolute atomic E-state index is 13.5. The van der Waals surface area contributed by atoms with Crippen LogP contribution in [0.2, 0.25) is 0 Å². The highest BCUT2D eigenvalue weighted by Crippen LogP contribution is 2.40. The van der Waals surface area contributed by atoms with Crippen LogP contribution in [-0.2, 0) is 16.1 Å². The highest BCUT2D eigenvalue weighted by molar-refractivity contribution is 5.98. The molecule has 5 rings (SSSR count). The largest absolute Gasteiger partial charge is 0.350 e. The second-order valence-corrected chi connectivity index (χ2v) is 10.3. The van der Waals surface area contributed by atoms with Gasteiger partial charge < -0.3 is 15.5 Å². The van der Waals surface area contributed by atoms with Gasteiger partial charge in [0.05, 0.1) is 0 Å². The van der Waals surface area contributed by atoms with Crippen LogP contribution in [0.5, 0.6) is 0 Å². The lowest BCUT2D eigenvalue weighted by atomic mass is 9.84. The van der Waals surface area contributed by atoms with Crippen LogP contribution >= 0.6 is 0 Å². The Kier molecular flexibility index (Phi) is 7.16. The first-order valence-corrected chi connectivity index (χ1v) is 13.2. The summed E-state index contributed by atoms with van der Waals surface area (Å²) in [6.07, 6.45) is 9.22. The van der Waals surface area contributed by atoms with Crippen molar-refractivity contribution in [1.82, 2.24) is 10.2 Å². The molecule has 2 aromatic rings. The number of carbonyl (C=O) groups is 3. The third-order valence-electron chi connectivity index (χ3n) is 8.03. The molecule has 2 N–H and O–H groups in total. The smallest absolute Gasteiger partial charge is 0.254 e. The van der Waals surface area contributed by atoms with E-state index in [0.717, 1.165) is 62.6 Å². The lowest BCUT2D eigenvalue weighted by molar-refractivity contribution is -0.125. The zero-order chi connectivity index (χ0) is 24.2. The Morgan fingerprint density at radius 2 is 1.57 bits per heavy atom. The van der Waals surface area contributed by atoms with Crippen molar-refractivity contribution in [3.05, 3.63) is 65.7 Å². The van der Waals surface area contributed by atoms with Gasteiger partial charge in [-0.1, -0.05) is 56.0 Å². The van der Waals surface area contributed by atoms with E-state index in [4.69, 9.17) is 0 Å². The molecule has 6 nitrogen and oxygen atoms in total. The number of benzene rings is 2. The summed E-state index contributed by atoms with van der Waals surface area (Å²) in [6, 6.07) is 16.7. The number of rotatable bonds is 6. The topological polar surface area (TPSA) is 78.5 Å². The first kappa shape index (κ1) is 23.6. The summed E-state index contributed by atoms with van der Waals surface area (Å²) < 4.78 is 0. The minimum Gasteiger partial charge on any atom is -0.350 e. The van der Waals surface area contributed by atoms with Gasteiger partial charge in [0, 0.05) is 29.8 Å². The van der Waals surface area contributed by atoms with Crippen LogP contribution in [0.15, 0.2) is 54.6 Å². The molecule has 184 valence electrons. The molecular weight excluding hydrogens is 438 g/mol. The minimum atomic E-state index is -0.443. The van der Waals surface area contributed by atoms with Gasteiger partial charge in [0.15, 0.2) is 0 Å². The summed E-state index contributed by atoms with van der Waals surface area (Å²) in [5, 5.41) is 6.11. The Bertz CT molecular complexity index is 1060. The van der Waals surface area contributed by atoms with Crippen LogP contribution < -0.4 is 10.6 Å².